The third-order valence-corrected chi connectivity index (χ3v) is 1.47. The van der Waals surface area contributed by atoms with Crippen molar-refractivity contribution < 1.29 is 14.5 Å². The maximum atomic E-state index is 11.1. The van der Waals surface area contributed by atoms with E-state index in [-0.39, 0.29) is 17.9 Å². The Balaban J connectivity index is 2.93. The molecule has 0 fully saturated rings. The second-order valence-corrected chi connectivity index (χ2v) is 2.43. The summed E-state index contributed by atoms with van der Waals surface area (Å²) >= 11 is 0. The lowest BCUT2D eigenvalue weighted by atomic mass is 10.2. The highest BCUT2D eigenvalue weighted by atomic mass is 16.6. The molecular weight excluding hydrogens is 186 g/mol. The van der Waals surface area contributed by atoms with E-state index in [0.29, 0.717) is 0 Å². The van der Waals surface area contributed by atoms with E-state index >= 15 is 0 Å². The molecule has 0 aliphatic carbocycles. The van der Waals surface area contributed by atoms with Gasteiger partial charge < -0.3 is 4.74 Å². The van der Waals surface area contributed by atoms with Crippen LogP contribution in [-0.2, 0) is 4.74 Å². The normalized spacial score (nSPS) is 9.50. The predicted octanol–water partition coefficient (Wildman–Crippen LogP) is 1.57. The van der Waals surface area contributed by atoms with E-state index in [9.17, 15) is 14.9 Å². The van der Waals surface area contributed by atoms with E-state index < -0.39 is 10.9 Å². The molecule has 1 aromatic carbocycles. The monoisotopic (exact) mass is 194 g/mol. The number of hydrogen-bond donors (Lipinski definition) is 0. The number of non-ortho nitro benzene ring substituents is 1. The summed E-state index contributed by atoms with van der Waals surface area (Å²) in [6.45, 7) is 1.89. The van der Waals surface area contributed by atoms with E-state index in [1.165, 1.54) is 18.2 Å². The van der Waals surface area contributed by atoms with Crippen LogP contribution in [0.2, 0.25) is 0 Å². The van der Waals surface area contributed by atoms with Crippen LogP contribution in [-0.4, -0.2) is 17.5 Å². The lowest BCUT2D eigenvalue weighted by molar-refractivity contribution is -0.385. The second kappa shape index (κ2) is 4.36. The molecule has 5 heteroatoms. The van der Waals surface area contributed by atoms with Crippen LogP contribution >= 0.6 is 0 Å². The second-order valence-electron chi connectivity index (χ2n) is 2.43. The Bertz CT molecular complexity index is 362. The molecule has 0 spiro atoms. The van der Waals surface area contributed by atoms with E-state index in [0.717, 1.165) is 0 Å². The molecule has 0 heterocycles. The molecule has 0 N–H and O–H groups in total. The lowest BCUT2D eigenvalue weighted by Gasteiger charge is -1.99. The molecule has 0 aromatic heterocycles. The van der Waals surface area contributed by atoms with E-state index in [4.69, 9.17) is 0 Å². The van der Waals surface area contributed by atoms with Gasteiger partial charge in [-0.2, -0.15) is 0 Å². The molecule has 0 amide bonds. The highest BCUT2D eigenvalue weighted by molar-refractivity contribution is 5.89. The van der Waals surface area contributed by atoms with Crippen LogP contribution in [0.3, 0.4) is 0 Å². The quantitative estimate of drug-likeness (QED) is 0.416. The van der Waals surface area contributed by atoms with E-state index in [1.54, 1.807) is 6.92 Å². The highest BCUT2D eigenvalue weighted by Gasteiger charge is 2.12. The number of esters is 1. The zero-order chi connectivity index (χ0) is 10.6. The number of nitrogens with zero attached hydrogens (tertiary/aromatic N) is 1. The van der Waals surface area contributed by atoms with Crippen molar-refractivity contribution in [1.29, 1.82) is 0 Å². The van der Waals surface area contributed by atoms with Crippen molar-refractivity contribution in [1.82, 2.24) is 0 Å². The Hall–Kier alpha value is -1.91. The van der Waals surface area contributed by atoms with Gasteiger partial charge in [-0.25, -0.2) is 4.79 Å². The van der Waals surface area contributed by atoms with Crippen LogP contribution in [0.4, 0.5) is 5.69 Å². The number of hydrogen-bond acceptors (Lipinski definition) is 4. The Labute approximate surface area is 80.5 Å². The van der Waals surface area contributed by atoms with Crippen LogP contribution in [0.5, 0.6) is 0 Å². The fraction of sp³-hybridized carbons (Fsp3) is 0.222. The average molecular weight is 194 g/mol. The highest BCUT2D eigenvalue weighted by Crippen LogP contribution is 2.12. The van der Waals surface area contributed by atoms with Gasteiger partial charge in [0, 0.05) is 6.07 Å². The minimum absolute atomic E-state index is 0.0704. The van der Waals surface area contributed by atoms with Gasteiger partial charge >= 0.3 is 5.97 Å². The lowest BCUT2D eigenvalue weighted by Crippen LogP contribution is -2.05. The summed E-state index contributed by atoms with van der Waals surface area (Å²) in [5.41, 5.74) is -0.170. The average Bonchev–Trinajstić information content (AvgIpc) is 2.18. The summed E-state index contributed by atoms with van der Waals surface area (Å²) in [5.74, 6) is -0.601. The Morgan fingerprint density at radius 2 is 2.36 bits per heavy atom. The summed E-state index contributed by atoms with van der Waals surface area (Å²) in [6, 6.07) is 6.46. The number of carbonyl (C=O) groups is 1. The Morgan fingerprint density at radius 1 is 1.64 bits per heavy atom. The number of benzene rings is 1. The van der Waals surface area contributed by atoms with Gasteiger partial charge in [0.2, 0.25) is 0 Å². The molecule has 1 aromatic rings. The minimum Gasteiger partial charge on any atom is -0.462 e. The topological polar surface area (TPSA) is 69.4 Å². The summed E-state index contributed by atoms with van der Waals surface area (Å²) in [5, 5.41) is 10.4. The molecule has 73 valence electrons. The molecule has 0 saturated carbocycles. The van der Waals surface area contributed by atoms with Crippen molar-refractivity contribution in [3.05, 3.63) is 39.9 Å². The summed E-state index contributed by atoms with van der Waals surface area (Å²) in [4.78, 5) is 20.9. The van der Waals surface area contributed by atoms with Gasteiger partial charge in [0.05, 0.1) is 23.2 Å². The first-order valence-electron chi connectivity index (χ1n) is 3.99. The van der Waals surface area contributed by atoms with Crippen LogP contribution in [0.1, 0.15) is 17.3 Å². The van der Waals surface area contributed by atoms with Crippen LogP contribution < -0.4 is 0 Å². The van der Waals surface area contributed by atoms with Crippen molar-refractivity contribution in [3.8, 4) is 0 Å². The zero-order valence-electron chi connectivity index (χ0n) is 7.52. The van der Waals surface area contributed by atoms with Crippen molar-refractivity contribution in [3.63, 3.8) is 0 Å². The summed E-state index contributed by atoms with van der Waals surface area (Å²) in [6.07, 6.45) is 0. The molecule has 1 rings (SSSR count). The first-order valence-corrected chi connectivity index (χ1v) is 3.99. The number of rotatable bonds is 3. The number of carbonyl (C=O) groups excluding carboxylic acids is 1. The first kappa shape index (κ1) is 10.2. The van der Waals surface area contributed by atoms with Crippen LogP contribution in [0, 0.1) is 16.2 Å². The molecule has 0 unspecified atom stereocenters. The Kier molecular flexibility index (Phi) is 3.17. The van der Waals surface area contributed by atoms with Crippen molar-refractivity contribution in [2.75, 3.05) is 6.61 Å². The van der Waals surface area contributed by atoms with E-state index in [1.807, 2.05) is 0 Å². The number of ether oxygens (including phenoxy) is 1. The molecule has 14 heavy (non-hydrogen) atoms. The fourth-order valence-electron chi connectivity index (χ4n) is 0.891. The maximum Gasteiger partial charge on any atom is 0.339 e. The maximum absolute atomic E-state index is 11.1. The summed E-state index contributed by atoms with van der Waals surface area (Å²) in [7, 11) is 0. The third kappa shape index (κ3) is 2.29. The fourth-order valence-corrected chi connectivity index (χ4v) is 0.891. The molecule has 0 aliphatic heterocycles. The van der Waals surface area contributed by atoms with Gasteiger partial charge in [0.25, 0.3) is 5.69 Å². The Morgan fingerprint density at radius 3 is 2.93 bits per heavy atom. The van der Waals surface area contributed by atoms with Crippen molar-refractivity contribution >= 4 is 11.7 Å². The smallest absolute Gasteiger partial charge is 0.339 e. The largest absolute Gasteiger partial charge is 0.462 e. The molecule has 0 atom stereocenters. The van der Waals surface area contributed by atoms with Crippen LogP contribution in [0.25, 0.3) is 0 Å². The zero-order valence-corrected chi connectivity index (χ0v) is 7.52. The van der Waals surface area contributed by atoms with Crippen molar-refractivity contribution in [2.45, 2.75) is 6.92 Å². The number of nitro groups is 1. The minimum atomic E-state index is -0.608. The van der Waals surface area contributed by atoms with Crippen LogP contribution in [0.15, 0.2) is 18.2 Å². The van der Waals surface area contributed by atoms with Gasteiger partial charge in [-0.15, -0.1) is 0 Å². The predicted molar refractivity (Wildman–Crippen MR) is 47.9 cm³/mol. The van der Waals surface area contributed by atoms with Gasteiger partial charge in [-0.3, -0.25) is 10.1 Å². The van der Waals surface area contributed by atoms with E-state index in [2.05, 4.69) is 10.8 Å². The van der Waals surface area contributed by atoms with Gasteiger partial charge in [0.1, 0.15) is 0 Å². The van der Waals surface area contributed by atoms with Gasteiger partial charge in [0.15, 0.2) is 0 Å². The molecule has 5 nitrogen and oxygen atoms in total. The van der Waals surface area contributed by atoms with Gasteiger partial charge in [-0.05, 0) is 13.0 Å². The molecule has 0 bridgehead atoms. The molecule has 1 radical (unpaired) electrons. The SMILES string of the molecule is CCOC(=O)c1[c]c([N+](=O)[O-])ccc1. The number of nitro benzene ring substituents is 1. The van der Waals surface area contributed by atoms with Gasteiger partial charge in [-0.1, -0.05) is 6.07 Å². The molecule has 0 aliphatic rings. The standard InChI is InChI=1S/C9H8NO4/c1-2-14-9(11)7-4-3-5-8(6-7)10(12)13/h3-5H,2H2,1H3. The molecule has 0 saturated heterocycles. The van der Waals surface area contributed by atoms with Crippen molar-refractivity contribution in [2.24, 2.45) is 0 Å². The first-order chi connectivity index (χ1) is 6.65. The molecular formula is C9H8NO4. The third-order valence-electron chi connectivity index (χ3n) is 1.47. The summed E-state index contributed by atoms with van der Waals surface area (Å²) < 4.78 is 4.67.